The van der Waals surface area contributed by atoms with E-state index < -0.39 is 5.95 Å². The first-order chi connectivity index (χ1) is 16.1. The minimum absolute atomic E-state index is 0. The van der Waals surface area contributed by atoms with Crippen LogP contribution in [0.25, 0.3) is 9.69 Å². The normalized spacial score (nSPS) is 8.82. The van der Waals surface area contributed by atoms with Gasteiger partial charge >= 0.3 is 0 Å². The number of benzene rings is 2. The molecule has 4 rings (SSSR count). The highest BCUT2D eigenvalue weighted by Gasteiger charge is 1.95. The fourth-order valence-electron chi connectivity index (χ4n) is 2.26. The Morgan fingerprint density at radius 2 is 1.29 bits per heavy atom. The Bertz CT molecular complexity index is 1160. The summed E-state index contributed by atoms with van der Waals surface area (Å²) in [7, 11) is 0. The van der Waals surface area contributed by atoms with Gasteiger partial charge in [-0.05, 0) is 11.1 Å². The molecule has 0 aliphatic rings. The van der Waals surface area contributed by atoms with Gasteiger partial charge in [-0.25, -0.2) is 19.7 Å². The Labute approximate surface area is 203 Å². The molecular formula is C24H22ClFN8. The molecule has 34 heavy (non-hydrogen) atoms. The van der Waals surface area contributed by atoms with Gasteiger partial charge in [0.1, 0.15) is 5.82 Å². The number of nitrogens with two attached hydrogens (primary N) is 1. The molecule has 3 N–H and O–H groups in total. The second kappa shape index (κ2) is 16.2. The van der Waals surface area contributed by atoms with Crippen LogP contribution in [0.15, 0.2) is 85.7 Å². The van der Waals surface area contributed by atoms with E-state index in [4.69, 9.17) is 18.9 Å². The molecule has 0 radical (unpaired) electrons. The summed E-state index contributed by atoms with van der Waals surface area (Å²) in [6, 6.07) is 14.7. The van der Waals surface area contributed by atoms with E-state index in [0.29, 0.717) is 24.5 Å². The molecule has 0 saturated carbocycles. The van der Waals surface area contributed by atoms with E-state index in [-0.39, 0.29) is 12.4 Å². The highest BCUT2D eigenvalue weighted by Crippen LogP contribution is 2.13. The van der Waals surface area contributed by atoms with Gasteiger partial charge in [0.2, 0.25) is 5.95 Å². The van der Waals surface area contributed by atoms with Crippen LogP contribution in [-0.4, -0.2) is 19.9 Å². The van der Waals surface area contributed by atoms with E-state index in [0.717, 1.165) is 23.1 Å². The molecule has 172 valence electrons. The number of hydrogen-bond acceptors (Lipinski definition) is 6. The minimum Gasteiger partial charge on any atom is -0.365 e. The highest BCUT2D eigenvalue weighted by molar-refractivity contribution is 5.85. The molecule has 0 bridgehead atoms. The van der Waals surface area contributed by atoms with Gasteiger partial charge in [0.05, 0.1) is 25.5 Å². The van der Waals surface area contributed by atoms with Gasteiger partial charge in [-0.1, -0.05) is 48.5 Å². The second-order valence-corrected chi connectivity index (χ2v) is 6.23. The molecule has 10 heteroatoms. The Hall–Kier alpha value is -4.44. The maximum atomic E-state index is 11.7. The van der Waals surface area contributed by atoms with Gasteiger partial charge < -0.3 is 11.1 Å². The van der Waals surface area contributed by atoms with Crippen molar-refractivity contribution in [1.29, 1.82) is 0 Å². The number of anilines is 1. The average Bonchev–Trinajstić information content (AvgIpc) is 2.89. The zero-order valence-corrected chi connectivity index (χ0v) is 18.9. The summed E-state index contributed by atoms with van der Waals surface area (Å²) in [4.78, 5) is 21.4. The standard InChI is InChI=1S/C12H10N4.C8H8N2.C4H3FN2.ClH/c1-13-11-4-2-10(3-5-11)8-16-12-9-14-6-7-15-12;1-10-8-4-2-7(6-9)3-5-8;5-4-3-6-1-2-7-4;/h2-7,9H,8H2,(H,15,16);2-5H,6,9H2;1-3H;1H. The van der Waals surface area contributed by atoms with Crippen LogP contribution in [0.5, 0.6) is 0 Å². The number of halogens is 2. The van der Waals surface area contributed by atoms with Gasteiger partial charge in [0.25, 0.3) is 0 Å². The number of hydrogen-bond donors (Lipinski definition) is 2. The zero-order valence-electron chi connectivity index (χ0n) is 18.0. The van der Waals surface area contributed by atoms with Gasteiger partial charge in [-0.3, -0.25) is 9.97 Å². The molecule has 0 saturated heterocycles. The first-order valence-electron chi connectivity index (χ1n) is 9.69. The molecule has 2 aromatic carbocycles. The van der Waals surface area contributed by atoms with Crippen molar-refractivity contribution in [3.63, 3.8) is 0 Å². The van der Waals surface area contributed by atoms with Crippen molar-refractivity contribution < 1.29 is 4.39 Å². The smallest absolute Gasteiger partial charge is 0.231 e. The van der Waals surface area contributed by atoms with Crippen LogP contribution in [0.2, 0.25) is 0 Å². The van der Waals surface area contributed by atoms with E-state index in [1.807, 2.05) is 24.3 Å². The lowest BCUT2D eigenvalue weighted by atomic mass is 10.2. The van der Waals surface area contributed by atoms with E-state index in [1.165, 1.54) is 12.4 Å². The molecule has 2 heterocycles. The third-order valence-electron chi connectivity index (χ3n) is 3.94. The van der Waals surface area contributed by atoms with E-state index in [9.17, 15) is 4.39 Å². The fourth-order valence-corrected chi connectivity index (χ4v) is 2.26. The van der Waals surface area contributed by atoms with Gasteiger partial charge in [-0.2, -0.15) is 4.39 Å². The molecule has 0 aliphatic heterocycles. The summed E-state index contributed by atoms with van der Waals surface area (Å²) >= 11 is 0. The number of nitrogens with one attached hydrogen (secondary N) is 1. The third kappa shape index (κ3) is 10.7. The molecule has 0 amide bonds. The van der Waals surface area contributed by atoms with Crippen molar-refractivity contribution in [1.82, 2.24) is 19.9 Å². The quantitative estimate of drug-likeness (QED) is 0.384. The van der Waals surface area contributed by atoms with Gasteiger partial charge in [0.15, 0.2) is 11.4 Å². The minimum atomic E-state index is -0.539. The lowest BCUT2D eigenvalue weighted by Crippen LogP contribution is -2.00. The van der Waals surface area contributed by atoms with Crippen molar-refractivity contribution in [2.75, 3.05) is 5.32 Å². The molecule has 0 fully saturated rings. The lowest BCUT2D eigenvalue weighted by Gasteiger charge is -2.04. The van der Waals surface area contributed by atoms with Crippen molar-refractivity contribution in [3.8, 4) is 0 Å². The van der Waals surface area contributed by atoms with Crippen molar-refractivity contribution in [2.45, 2.75) is 13.1 Å². The first kappa shape index (κ1) is 27.6. The van der Waals surface area contributed by atoms with Gasteiger partial charge in [0, 0.05) is 37.9 Å². The van der Waals surface area contributed by atoms with Crippen LogP contribution in [0.3, 0.4) is 0 Å². The largest absolute Gasteiger partial charge is 0.365 e. The summed E-state index contributed by atoms with van der Waals surface area (Å²) in [5, 5.41) is 3.15. The molecule has 0 spiro atoms. The molecule has 2 aromatic heterocycles. The van der Waals surface area contributed by atoms with Crippen molar-refractivity contribution >= 4 is 29.6 Å². The Morgan fingerprint density at radius 3 is 1.68 bits per heavy atom. The predicted molar refractivity (Wildman–Crippen MR) is 132 cm³/mol. The monoisotopic (exact) mass is 476 g/mol. The van der Waals surface area contributed by atoms with Crippen molar-refractivity contribution in [2.24, 2.45) is 5.73 Å². The molecule has 8 nitrogen and oxygen atoms in total. The Balaban J connectivity index is 0.000000275. The van der Waals surface area contributed by atoms with Gasteiger partial charge in [-0.15, -0.1) is 12.4 Å². The van der Waals surface area contributed by atoms with Crippen LogP contribution in [0.1, 0.15) is 11.1 Å². The maximum Gasteiger partial charge on any atom is 0.231 e. The first-order valence-corrected chi connectivity index (χ1v) is 9.69. The van der Waals surface area contributed by atoms with Crippen LogP contribution in [0, 0.1) is 19.1 Å². The molecule has 0 aliphatic carbocycles. The van der Waals surface area contributed by atoms with Crippen molar-refractivity contribution in [3.05, 3.63) is 126 Å². The fraction of sp³-hybridized carbons (Fsp3) is 0.0833. The third-order valence-corrected chi connectivity index (χ3v) is 3.94. The topological polar surface area (TPSA) is 98.3 Å². The van der Waals surface area contributed by atoms with Crippen LogP contribution >= 0.6 is 12.4 Å². The summed E-state index contributed by atoms with van der Waals surface area (Å²) in [6.07, 6.45) is 8.73. The zero-order chi connectivity index (χ0) is 23.7. The number of aromatic nitrogens is 4. The maximum absolute atomic E-state index is 11.7. The van der Waals surface area contributed by atoms with E-state index >= 15 is 0 Å². The predicted octanol–water partition coefficient (Wildman–Crippen LogP) is 5.37. The van der Waals surface area contributed by atoms with Crippen LogP contribution in [0.4, 0.5) is 21.6 Å². The number of nitrogens with zero attached hydrogens (tertiary/aromatic N) is 6. The summed E-state index contributed by atoms with van der Waals surface area (Å²) in [5.41, 5.74) is 8.86. The summed E-state index contributed by atoms with van der Waals surface area (Å²) < 4.78 is 11.7. The van der Waals surface area contributed by atoms with E-state index in [1.54, 1.807) is 42.9 Å². The van der Waals surface area contributed by atoms with E-state index in [2.05, 4.69) is 34.9 Å². The van der Waals surface area contributed by atoms with Crippen LogP contribution < -0.4 is 11.1 Å². The average molecular weight is 477 g/mol. The molecular weight excluding hydrogens is 455 g/mol. The lowest BCUT2D eigenvalue weighted by molar-refractivity contribution is 0.576. The Morgan fingerprint density at radius 1 is 0.765 bits per heavy atom. The Kier molecular flexibility index (Phi) is 13.2. The van der Waals surface area contributed by atoms with Crippen LogP contribution in [-0.2, 0) is 13.1 Å². The molecule has 0 unspecified atom stereocenters. The molecule has 0 atom stereocenters. The second-order valence-electron chi connectivity index (χ2n) is 6.23. The summed E-state index contributed by atoms with van der Waals surface area (Å²) in [6.45, 7) is 14.7. The highest BCUT2D eigenvalue weighted by atomic mass is 35.5. The SMILES string of the molecule is Cl.Fc1cnccn1.[C-]#[N+]c1ccc(CN)cc1.[C-]#[N+]c1ccc(CNc2cnccn2)cc1. The molecule has 4 aromatic rings. The summed E-state index contributed by atoms with van der Waals surface area (Å²) in [5.74, 6) is 0.208. The number of rotatable bonds is 4.